The quantitative estimate of drug-likeness (QED) is 0.847. The molecule has 1 atom stereocenters. The Morgan fingerprint density at radius 3 is 2.56 bits per heavy atom. The summed E-state index contributed by atoms with van der Waals surface area (Å²) < 4.78 is 0. The van der Waals surface area contributed by atoms with Crippen LogP contribution in [0.4, 0.5) is 5.82 Å². The molecular weight excluding hydrogens is 224 g/mol. The molecule has 0 radical (unpaired) electrons. The van der Waals surface area contributed by atoms with Crippen molar-refractivity contribution in [2.45, 2.75) is 12.8 Å². The molecule has 18 heavy (non-hydrogen) atoms. The van der Waals surface area contributed by atoms with E-state index in [-0.39, 0.29) is 12.5 Å². The Labute approximate surface area is 108 Å². The largest absolute Gasteiger partial charge is 0.396 e. The Bertz CT molecular complexity index is 485. The van der Waals surface area contributed by atoms with Crippen LogP contribution in [0.3, 0.4) is 0 Å². The zero-order chi connectivity index (χ0) is 12.8. The minimum Gasteiger partial charge on any atom is -0.396 e. The Morgan fingerprint density at radius 2 is 1.89 bits per heavy atom. The average Bonchev–Trinajstić information content (AvgIpc) is 2.41. The third kappa shape index (κ3) is 3.31. The zero-order valence-electron chi connectivity index (χ0n) is 10.5. The normalized spacial score (nSPS) is 12.1. The van der Waals surface area contributed by atoms with Crippen LogP contribution in [-0.4, -0.2) is 23.2 Å². The molecule has 0 bridgehead atoms. The minimum absolute atomic E-state index is 0.0912. The molecule has 0 saturated heterocycles. The van der Waals surface area contributed by atoms with Gasteiger partial charge in [-0.3, -0.25) is 0 Å². The van der Waals surface area contributed by atoms with Gasteiger partial charge in [0.2, 0.25) is 0 Å². The molecule has 0 aliphatic heterocycles. The Morgan fingerprint density at radius 1 is 1.11 bits per heavy atom. The van der Waals surface area contributed by atoms with Crippen LogP contribution in [0, 0.1) is 6.92 Å². The molecule has 1 heterocycles. The first-order valence-electron chi connectivity index (χ1n) is 6.13. The van der Waals surface area contributed by atoms with Gasteiger partial charge in [-0.1, -0.05) is 36.4 Å². The number of aromatic nitrogens is 1. The first kappa shape index (κ1) is 12.6. The molecule has 3 nitrogen and oxygen atoms in total. The molecule has 2 aromatic rings. The summed E-state index contributed by atoms with van der Waals surface area (Å²) in [4.78, 5) is 4.38. The number of aliphatic hydroxyl groups is 1. The van der Waals surface area contributed by atoms with E-state index < -0.39 is 0 Å². The van der Waals surface area contributed by atoms with Crippen LogP contribution in [0.25, 0.3) is 0 Å². The minimum atomic E-state index is 0.0912. The topological polar surface area (TPSA) is 45.1 Å². The second kappa shape index (κ2) is 6.17. The maximum absolute atomic E-state index is 9.45. The van der Waals surface area contributed by atoms with E-state index in [9.17, 15) is 5.11 Å². The first-order valence-corrected chi connectivity index (χ1v) is 6.13. The summed E-state index contributed by atoms with van der Waals surface area (Å²) in [5.74, 6) is 0.942. The van der Waals surface area contributed by atoms with E-state index in [1.165, 1.54) is 0 Å². The number of anilines is 1. The van der Waals surface area contributed by atoms with Crippen molar-refractivity contribution >= 4 is 5.82 Å². The molecule has 0 unspecified atom stereocenters. The van der Waals surface area contributed by atoms with Gasteiger partial charge in [0.1, 0.15) is 5.82 Å². The molecule has 0 spiro atoms. The van der Waals surface area contributed by atoms with Gasteiger partial charge in [-0.2, -0.15) is 0 Å². The van der Waals surface area contributed by atoms with Crippen molar-refractivity contribution in [2.24, 2.45) is 0 Å². The number of pyridine rings is 1. The van der Waals surface area contributed by atoms with Crippen LogP contribution >= 0.6 is 0 Å². The molecule has 3 heteroatoms. The number of rotatable bonds is 5. The van der Waals surface area contributed by atoms with Gasteiger partial charge in [-0.25, -0.2) is 4.98 Å². The second-order valence-electron chi connectivity index (χ2n) is 4.34. The van der Waals surface area contributed by atoms with Gasteiger partial charge in [0, 0.05) is 18.2 Å². The molecule has 0 aliphatic rings. The highest BCUT2D eigenvalue weighted by molar-refractivity contribution is 5.36. The Kier molecular flexibility index (Phi) is 4.31. The van der Waals surface area contributed by atoms with Gasteiger partial charge in [0.15, 0.2) is 0 Å². The smallest absolute Gasteiger partial charge is 0.126 e. The Hall–Kier alpha value is -1.87. The fourth-order valence-corrected chi connectivity index (χ4v) is 1.88. The summed E-state index contributed by atoms with van der Waals surface area (Å²) in [5, 5.41) is 12.7. The average molecular weight is 242 g/mol. The molecular formula is C15H18N2O. The van der Waals surface area contributed by atoms with Crippen molar-refractivity contribution in [1.29, 1.82) is 0 Å². The molecule has 2 rings (SSSR count). The lowest BCUT2D eigenvalue weighted by molar-refractivity contribution is 0.270. The van der Waals surface area contributed by atoms with E-state index in [0.717, 1.165) is 17.1 Å². The summed E-state index contributed by atoms with van der Waals surface area (Å²) in [7, 11) is 0. The monoisotopic (exact) mass is 242 g/mol. The van der Waals surface area contributed by atoms with Gasteiger partial charge in [-0.05, 0) is 24.6 Å². The maximum atomic E-state index is 9.45. The number of nitrogens with one attached hydrogen (secondary N) is 1. The molecule has 0 saturated carbocycles. The van der Waals surface area contributed by atoms with Crippen molar-refractivity contribution < 1.29 is 5.11 Å². The SMILES string of the molecule is Cc1cccc(NC[C@H](CO)c2ccccc2)n1. The van der Waals surface area contributed by atoms with Crippen LogP contribution in [0.1, 0.15) is 17.2 Å². The number of aliphatic hydroxyl groups excluding tert-OH is 1. The number of hydrogen-bond acceptors (Lipinski definition) is 3. The number of hydrogen-bond donors (Lipinski definition) is 2. The predicted octanol–water partition coefficient (Wildman–Crippen LogP) is 2.58. The third-order valence-electron chi connectivity index (χ3n) is 2.91. The number of aryl methyl sites for hydroxylation is 1. The van der Waals surface area contributed by atoms with Crippen LogP contribution in [0.5, 0.6) is 0 Å². The fourth-order valence-electron chi connectivity index (χ4n) is 1.88. The standard InChI is InChI=1S/C15H18N2O/c1-12-6-5-9-15(17-12)16-10-14(11-18)13-7-3-2-4-8-13/h2-9,14,18H,10-11H2,1H3,(H,16,17)/t14-/m1/s1. The summed E-state index contributed by atoms with van der Waals surface area (Å²) in [6.07, 6.45) is 0. The lowest BCUT2D eigenvalue weighted by Gasteiger charge is -2.16. The predicted molar refractivity (Wildman–Crippen MR) is 73.7 cm³/mol. The maximum Gasteiger partial charge on any atom is 0.126 e. The summed E-state index contributed by atoms with van der Waals surface area (Å²) in [5.41, 5.74) is 2.13. The molecule has 1 aromatic carbocycles. The van der Waals surface area contributed by atoms with Crippen molar-refractivity contribution in [2.75, 3.05) is 18.5 Å². The summed E-state index contributed by atoms with van der Waals surface area (Å²) >= 11 is 0. The summed E-state index contributed by atoms with van der Waals surface area (Å²) in [6, 6.07) is 15.9. The second-order valence-corrected chi connectivity index (χ2v) is 4.34. The van der Waals surface area contributed by atoms with E-state index in [0.29, 0.717) is 6.54 Å². The molecule has 1 aromatic heterocycles. The van der Waals surface area contributed by atoms with Crippen LogP contribution in [-0.2, 0) is 0 Å². The van der Waals surface area contributed by atoms with Crippen molar-refractivity contribution in [3.8, 4) is 0 Å². The molecule has 0 amide bonds. The number of benzene rings is 1. The van der Waals surface area contributed by atoms with Gasteiger partial charge >= 0.3 is 0 Å². The third-order valence-corrected chi connectivity index (χ3v) is 2.91. The van der Waals surface area contributed by atoms with E-state index >= 15 is 0 Å². The Balaban J connectivity index is 2.00. The summed E-state index contributed by atoms with van der Waals surface area (Å²) in [6.45, 7) is 2.77. The van der Waals surface area contributed by atoms with E-state index in [1.54, 1.807) is 0 Å². The first-order chi connectivity index (χ1) is 8.79. The highest BCUT2D eigenvalue weighted by Gasteiger charge is 2.09. The molecule has 94 valence electrons. The van der Waals surface area contributed by atoms with Crippen LogP contribution in [0.2, 0.25) is 0 Å². The van der Waals surface area contributed by atoms with Crippen molar-refractivity contribution in [1.82, 2.24) is 4.98 Å². The highest BCUT2D eigenvalue weighted by Crippen LogP contribution is 2.15. The van der Waals surface area contributed by atoms with E-state index in [1.807, 2.05) is 55.5 Å². The van der Waals surface area contributed by atoms with Crippen LogP contribution in [0.15, 0.2) is 48.5 Å². The van der Waals surface area contributed by atoms with Gasteiger partial charge < -0.3 is 10.4 Å². The van der Waals surface area contributed by atoms with Crippen molar-refractivity contribution in [3.05, 3.63) is 59.8 Å². The molecule has 2 N–H and O–H groups in total. The number of nitrogens with zero attached hydrogens (tertiary/aromatic N) is 1. The van der Waals surface area contributed by atoms with Gasteiger partial charge in [0.25, 0.3) is 0 Å². The van der Waals surface area contributed by atoms with Gasteiger partial charge in [0.05, 0.1) is 6.61 Å². The van der Waals surface area contributed by atoms with E-state index in [2.05, 4.69) is 10.3 Å². The molecule has 0 aliphatic carbocycles. The zero-order valence-corrected chi connectivity index (χ0v) is 10.5. The fraction of sp³-hybridized carbons (Fsp3) is 0.267. The van der Waals surface area contributed by atoms with Crippen molar-refractivity contribution in [3.63, 3.8) is 0 Å². The van der Waals surface area contributed by atoms with E-state index in [4.69, 9.17) is 0 Å². The van der Waals surface area contributed by atoms with Gasteiger partial charge in [-0.15, -0.1) is 0 Å². The lowest BCUT2D eigenvalue weighted by atomic mass is 10.0. The van der Waals surface area contributed by atoms with Crippen LogP contribution < -0.4 is 5.32 Å². The lowest BCUT2D eigenvalue weighted by Crippen LogP contribution is -2.16. The highest BCUT2D eigenvalue weighted by atomic mass is 16.3. The molecule has 0 fully saturated rings.